The zero-order chi connectivity index (χ0) is 28.3. The molecule has 1 aliphatic carbocycles. The number of ether oxygens (including phenoxy) is 1. The van der Waals surface area contributed by atoms with E-state index in [9.17, 15) is 4.79 Å². The maximum Gasteiger partial charge on any atom is 0.246 e. The van der Waals surface area contributed by atoms with Crippen LogP contribution in [0.4, 0.5) is 5.82 Å². The Labute approximate surface area is 245 Å². The summed E-state index contributed by atoms with van der Waals surface area (Å²) in [7, 11) is 2.14. The van der Waals surface area contributed by atoms with Crippen LogP contribution in [0.15, 0.2) is 73.1 Å². The first kappa shape index (κ1) is 27.3. The molecular formula is C32H35ClN6O2. The van der Waals surface area contributed by atoms with Gasteiger partial charge < -0.3 is 19.9 Å². The first-order valence-corrected chi connectivity index (χ1v) is 14.7. The molecule has 1 aliphatic heterocycles. The molecule has 1 saturated carbocycles. The zero-order valence-corrected chi connectivity index (χ0v) is 24.0. The van der Waals surface area contributed by atoms with Gasteiger partial charge in [0.15, 0.2) is 0 Å². The van der Waals surface area contributed by atoms with E-state index in [0.29, 0.717) is 41.1 Å². The van der Waals surface area contributed by atoms with Crippen LogP contribution in [0.5, 0.6) is 11.5 Å². The van der Waals surface area contributed by atoms with Crippen LogP contribution in [0.3, 0.4) is 0 Å². The second-order valence-electron chi connectivity index (χ2n) is 10.9. The molecule has 3 heterocycles. The molecule has 6 rings (SSSR count). The number of benzene rings is 2. The van der Waals surface area contributed by atoms with Crippen molar-refractivity contribution in [1.82, 2.24) is 24.3 Å². The van der Waals surface area contributed by atoms with Crippen molar-refractivity contribution in [3.8, 4) is 22.6 Å². The summed E-state index contributed by atoms with van der Waals surface area (Å²) in [5, 5.41) is 1.26. The van der Waals surface area contributed by atoms with Crippen molar-refractivity contribution in [2.75, 3.05) is 32.4 Å². The average Bonchev–Trinajstić information content (AvgIpc) is 3.74. The molecule has 8 nitrogen and oxygen atoms in total. The molecule has 2 aliphatic rings. The zero-order valence-electron chi connectivity index (χ0n) is 23.2. The van der Waals surface area contributed by atoms with E-state index in [1.165, 1.54) is 32.0 Å². The number of aromatic nitrogens is 3. The number of likely N-dealkylation sites (N-methyl/N-ethyl adjacent to an activating group) is 1. The molecule has 9 heteroatoms. The van der Waals surface area contributed by atoms with E-state index in [-0.39, 0.29) is 11.9 Å². The van der Waals surface area contributed by atoms with Crippen LogP contribution in [0.1, 0.15) is 38.1 Å². The number of likely N-dealkylation sites (tertiary alicyclic amines) is 1. The van der Waals surface area contributed by atoms with Gasteiger partial charge in [0.2, 0.25) is 5.91 Å². The number of hydrogen-bond donors (Lipinski definition) is 1. The Balaban J connectivity index is 1.21. The van der Waals surface area contributed by atoms with Crippen molar-refractivity contribution >= 4 is 34.4 Å². The second kappa shape index (κ2) is 11.9. The Kier molecular flexibility index (Phi) is 7.94. The van der Waals surface area contributed by atoms with Gasteiger partial charge in [0, 0.05) is 37.3 Å². The third-order valence-electron chi connectivity index (χ3n) is 8.32. The van der Waals surface area contributed by atoms with Gasteiger partial charge in [-0.05, 0) is 56.1 Å². The number of nitrogens with two attached hydrogens (primary N) is 1. The summed E-state index contributed by atoms with van der Waals surface area (Å²) in [6.45, 7) is 2.00. The van der Waals surface area contributed by atoms with Gasteiger partial charge in [0.05, 0.1) is 11.4 Å². The van der Waals surface area contributed by atoms with Gasteiger partial charge in [-0.1, -0.05) is 60.9 Å². The molecule has 2 fully saturated rings. The summed E-state index contributed by atoms with van der Waals surface area (Å²) in [4.78, 5) is 26.1. The predicted molar refractivity (Wildman–Crippen MR) is 163 cm³/mol. The molecule has 1 amide bonds. The van der Waals surface area contributed by atoms with Gasteiger partial charge in [0.25, 0.3) is 0 Å². The lowest BCUT2D eigenvalue weighted by atomic mass is 10.1. The van der Waals surface area contributed by atoms with Crippen LogP contribution in [0, 0.1) is 0 Å². The first-order valence-electron chi connectivity index (χ1n) is 14.3. The summed E-state index contributed by atoms with van der Waals surface area (Å²) in [6, 6.07) is 18.0. The number of carbonyl (C=O) groups excluding carboxylic acids is 1. The highest BCUT2D eigenvalue weighted by Gasteiger charge is 2.32. The largest absolute Gasteiger partial charge is 0.457 e. The average molecular weight is 571 g/mol. The number of para-hydroxylation sites is 1. The normalized spacial score (nSPS) is 17.8. The monoisotopic (exact) mass is 570 g/mol. The van der Waals surface area contributed by atoms with Gasteiger partial charge in [-0.15, -0.1) is 0 Å². The Morgan fingerprint density at radius 2 is 1.80 bits per heavy atom. The summed E-state index contributed by atoms with van der Waals surface area (Å²) in [6.07, 6.45) is 11.0. The van der Waals surface area contributed by atoms with Gasteiger partial charge in [0.1, 0.15) is 34.4 Å². The number of carbonyl (C=O) groups is 1. The maximum absolute atomic E-state index is 13.0. The lowest BCUT2D eigenvalue weighted by Crippen LogP contribution is -2.30. The fourth-order valence-electron chi connectivity index (χ4n) is 6.11. The van der Waals surface area contributed by atoms with E-state index in [4.69, 9.17) is 22.1 Å². The minimum Gasteiger partial charge on any atom is -0.457 e. The van der Waals surface area contributed by atoms with Crippen molar-refractivity contribution in [2.45, 2.75) is 44.2 Å². The van der Waals surface area contributed by atoms with Crippen LogP contribution in [0.25, 0.3) is 22.2 Å². The number of anilines is 1. The SMILES string of the molecule is CN(C/C=C/C(=O)N1CC[C@@H](n2c(Cl)c(-c3ccc(Oc4ccccc4)cc3)c3c(N)ncnc32)C1)C1CCCC1. The van der Waals surface area contributed by atoms with E-state index in [1.54, 1.807) is 6.08 Å². The molecule has 2 N–H and O–H groups in total. The molecule has 0 unspecified atom stereocenters. The fourth-order valence-corrected chi connectivity index (χ4v) is 6.53. The molecule has 41 heavy (non-hydrogen) atoms. The molecule has 1 atom stereocenters. The number of rotatable bonds is 8. The number of hydrogen-bond acceptors (Lipinski definition) is 6. The summed E-state index contributed by atoms with van der Waals surface area (Å²) < 4.78 is 7.98. The molecule has 1 saturated heterocycles. The summed E-state index contributed by atoms with van der Waals surface area (Å²) in [5.74, 6) is 1.89. The molecule has 2 aromatic carbocycles. The van der Waals surface area contributed by atoms with Crippen molar-refractivity contribution < 1.29 is 9.53 Å². The van der Waals surface area contributed by atoms with Gasteiger partial charge in [-0.3, -0.25) is 9.69 Å². The number of halogens is 1. The highest BCUT2D eigenvalue weighted by atomic mass is 35.5. The lowest BCUT2D eigenvalue weighted by molar-refractivity contribution is -0.125. The highest BCUT2D eigenvalue weighted by Crippen LogP contribution is 2.43. The van der Waals surface area contributed by atoms with Crippen molar-refractivity contribution in [3.05, 3.63) is 78.2 Å². The second-order valence-corrected chi connectivity index (χ2v) is 11.3. The van der Waals surface area contributed by atoms with Crippen molar-refractivity contribution in [3.63, 3.8) is 0 Å². The minimum atomic E-state index is -0.0211. The quantitative estimate of drug-likeness (QED) is 0.249. The van der Waals surface area contributed by atoms with Gasteiger partial charge in [-0.2, -0.15) is 0 Å². The van der Waals surface area contributed by atoms with E-state index in [0.717, 1.165) is 35.6 Å². The van der Waals surface area contributed by atoms with Crippen molar-refractivity contribution in [2.24, 2.45) is 0 Å². The smallest absolute Gasteiger partial charge is 0.246 e. The Hall–Kier alpha value is -3.88. The van der Waals surface area contributed by atoms with Gasteiger partial charge in [-0.25, -0.2) is 9.97 Å². The van der Waals surface area contributed by atoms with Crippen LogP contribution >= 0.6 is 11.6 Å². The topological polar surface area (TPSA) is 89.5 Å². The molecule has 0 radical (unpaired) electrons. The number of nitrogens with zero attached hydrogens (tertiary/aromatic N) is 5. The molecule has 2 aromatic heterocycles. The number of nitrogen functional groups attached to an aromatic ring is 1. The van der Waals surface area contributed by atoms with E-state index >= 15 is 0 Å². The molecule has 0 bridgehead atoms. The predicted octanol–water partition coefficient (Wildman–Crippen LogP) is 6.33. The standard InChI is InChI=1S/C32H35ClN6O2/c1-37(23-8-5-6-9-23)18-7-12-27(40)38-19-17-24(20-38)39-30(33)28(29-31(34)35-21-36-32(29)39)22-13-15-26(16-14-22)41-25-10-3-2-4-11-25/h2-4,7,10-16,21,23-24H,5-6,8-9,17-20H2,1H3,(H2,34,35,36)/b12-7+/t24-/m1/s1. The third kappa shape index (κ3) is 5.67. The molecule has 4 aromatic rings. The Morgan fingerprint density at radius 1 is 1.07 bits per heavy atom. The Bertz CT molecular complexity index is 1550. The Morgan fingerprint density at radius 3 is 2.56 bits per heavy atom. The van der Waals surface area contributed by atoms with E-state index in [1.807, 2.05) is 70.1 Å². The fraction of sp³-hybridized carbons (Fsp3) is 0.344. The lowest BCUT2D eigenvalue weighted by Gasteiger charge is -2.22. The van der Waals surface area contributed by atoms with Crippen LogP contribution in [-0.4, -0.2) is 63.0 Å². The van der Waals surface area contributed by atoms with E-state index in [2.05, 4.69) is 21.9 Å². The molecule has 0 spiro atoms. The van der Waals surface area contributed by atoms with E-state index < -0.39 is 0 Å². The first-order chi connectivity index (χ1) is 20.0. The third-order valence-corrected chi connectivity index (χ3v) is 8.69. The molecular weight excluding hydrogens is 536 g/mol. The van der Waals surface area contributed by atoms with Crippen LogP contribution in [0.2, 0.25) is 5.15 Å². The number of fused-ring (bicyclic) bond motifs is 1. The van der Waals surface area contributed by atoms with Crippen molar-refractivity contribution in [1.29, 1.82) is 0 Å². The number of amides is 1. The van der Waals surface area contributed by atoms with Crippen LogP contribution < -0.4 is 10.5 Å². The summed E-state index contributed by atoms with van der Waals surface area (Å²) in [5.41, 5.74) is 8.73. The maximum atomic E-state index is 13.0. The van der Waals surface area contributed by atoms with Gasteiger partial charge >= 0.3 is 0 Å². The minimum absolute atomic E-state index is 0.0211. The van der Waals surface area contributed by atoms with Crippen LogP contribution in [-0.2, 0) is 4.79 Å². The molecule has 212 valence electrons. The summed E-state index contributed by atoms with van der Waals surface area (Å²) >= 11 is 7.10. The highest BCUT2D eigenvalue weighted by molar-refractivity contribution is 6.35.